The quantitative estimate of drug-likeness (QED) is 0.504. The Morgan fingerprint density at radius 2 is 2.10 bits per heavy atom. The van der Waals surface area contributed by atoms with Crippen molar-refractivity contribution in [1.29, 1.82) is 0 Å². The average molecular weight is 141 g/mol. The van der Waals surface area contributed by atoms with Gasteiger partial charge in [0.2, 0.25) is 0 Å². The smallest absolute Gasteiger partial charge is 0.189 e. The fourth-order valence-electron chi connectivity index (χ4n) is 0.884. The summed E-state index contributed by atoms with van der Waals surface area (Å²) in [5.41, 5.74) is 0.0881. The number of ether oxygens (including phenoxy) is 1. The van der Waals surface area contributed by atoms with Gasteiger partial charge in [-0.2, -0.15) is 0 Å². The van der Waals surface area contributed by atoms with E-state index in [9.17, 15) is 0 Å². The van der Waals surface area contributed by atoms with Crippen LogP contribution in [0.5, 0.6) is 0 Å². The van der Waals surface area contributed by atoms with Gasteiger partial charge in [0.1, 0.15) is 6.61 Å². The molecule has 0 bridgehead atoms. The molecule has 0 amide bonds. The molecule has 1 heterocycles. The lowest BCUT2D eigenvalue weighted by Gasteiger charge is -2.16. The number of aliphatic imine (C=N–C) groups is 1. The first-order valence-corrected chi connectivity index (χ1v) is 3.71. The first-order valence-electron chi connectivity index (χ1n) is 3.71. The first-order chi connectivity index (χ1) is 4.50. The maximum atomic E-state index is 5.38. The van der Waals surface area contributed by atoms with Crippen LogP contribution in [0, 0.1) is 5.41 Å². The van der Waals surface area contributed by atoms with E-state index < -0.39 is 0 Å². The molecule has 1 aliphatic heterocycles. The highest BCUT2D eigenvalue weighted by Crippen LogP contribution is 2.21. The molecule has 0 saturated carbocycles. The SMILES string of the molecule is C[C@H]1COC(C(C)(C)C)=N1. The van der Waals surface area contributed by atoms with Crippen LogP contribution in [0.3, 0.4) is 0 Å². The van der Waals surface area contributed by atoms with E-state index in [0.29, 0.717) is 6.04 Å². The second-order valence-electron chi connectivity index (χ2n) is 3.84. The summed E-state index contributed by atoms with van der Waals surface area (Å²) in [4.78, 5) is 4.35. The summed E-state index contributed by atoms with van der Waals surface area (Å²) in [7, 11) is 0. The molecule has 0 spiro atoms. The zero-order valence-corrected chi connectivity index (χ0v) is 7.14. The molecular formula is C8H15NO. The lowest BCUT2D eigenvalue weighted by molar-refractivity contribution is 0.286. The average Bonchev–Trinajstić information content (AvgIpc) is 2.11. The third-order valence-corrected chi connectivity index (χ3v) is 1.44. The molecule has 1 atom stereocenters. The Kier molecular flexibility index (Phi) is 1.71. The van der Waals surface area contributed by atoms with E-state index in [1.807, 2.05) is 0 Å². The second-order valence-corrected chi connectivity index (χ2v) is 3.84. The Bertz CT molecular complexity index is 155. The highest BCUT2D eigenvalue weighted by molar-refractivity contribution is 5.82. The van der Waals surface area contributed by atoms with Gasteiger partial charge in [-0.25, -0.2) is 4.99 Å². The monoisotopic (exact) mass is 141 g/mol. The van der Waals surface area contributed by atoms with Crippen LogP contribution in [0.1, 0.15) is 27.7 Å². The predicted molar refractivity (Wildman–Crippen MR) is 42.3 cm³/mol. The van der Waals surface area contributed by atoms with Gasteiger partial charge < -0.3 is 4.74 Å². The predicted octanol–water partition coefficient (Wildman–Crippen LogP) is 1.85. The molecular weight excluding hydrogens is 126 g/mol. The van der Waals surface area contributed by atoms with Crippen LogP contribution in [-0.2, 0) is 4.74 Å². The summed E-state index contributed by atoms with van der Waals surface area (Å²) >= 11 is 0. The van der Waals surface area contributed by atoms with E-state index in [-0.39, 0.29) is 5.41 Å². The van der Waals surface area contributed by atoms with E-state index in [0.717, 1.165) is 12.5 Å². The summed E-state index contributed by atoms with van der Waals surface area (Å²) in [5, 5.41) is 0. The number of hydrogen-bond donors (Lipinski definition) is 0. The molecule has 0 radical (unpaired) electrons. The van der Waals surface area contributed by atoms with Gasteiger partial charge in [0, 0.05) is 5.41 Å². The summed E-state index contributed by atoms with van der Waals surface area (Å²) in [5.74, 6) is 0.903. The van der Waals surface area contributed by atoms with Gasteiger partial charge in [-0.3, -0.25) is 0 Å². The maximum absolute atomic E-state index is 5.38. The first kappa shape index (κ1) is 7.58. The molecule has 10 heavy (non-hydrogen) atoms. The number of rotatable bonds is 0. The van der Waals surface area contributed by atoms with Crippen LogP contribution in [0.4, 0.5) is 0 Å². The Morgan fingerprint density at radius 3 is 2.30 bits per heavy atom. The van der Waals surface area contributed by atoms with Crippen LogP contribution in [0.2, 0.25) is 0 Å². The van der Waals surface area contributed by atoms with Crippen LogP contribution >= 0.6 is 0 Å². The summed E-state index contributed by atoms with van der Waals surface area (Å²) < 4.78 is 5.38. The molecule has 0 aromatic carbocycles. The van der Waals surface area contributed by atoms with Gasteiger partial charge in [0.25, 0.3) is 0 Å². The highest BCUT2D eigenvalue weighted by Gasteiger charge is 2.25. The van der Waals surface area contributed by atoms with Gasteiger partial charge in [-0.05, 0) is 6.92 Å². The lowest BCUT2D eigenvalue weighted by Crippen LogP contribution is -2.20. The van der Waals surface area contributed by atoms with Crippen molar-refractivity contribution in [2.24, 2.45) is 10.4 Å². The molecule has 0 unspecified atom stereocenters. The molecule has 0 fully saturated rings. The minimum atomic E-state index is 0.0881. The fraction of sp³-hybridized carbons (Fsp3) is 0.875. The van der Waals surface area contributed by atoms with Crippen molar-refractivity contribution >= 4 is 5.90 Å². The Labute approximate surface area is 62.3 Å². The zero-order valence-electron chi connectivity index (χ0n) is 7.14. The van der Waals surface area contributed by atoms with Crippen molar-refractivity contribution in [2.45, 2.75) is 33.7 Å². The standard InChI is InChI=1S/C8H15NO/c1-6-5-10-7(9-6)8(2,3)4/h6H,5H2,1-4H3/t6-/m0/s1. The van der Waals surface area contributed by atoms with Gasteiger partial charge in [-0.1, -0.05) is 20.8 Å². The molecule has 2 nitrogen and oxygen atoms in total. The Hall–Kier alpha value is -0.530. The summed E-state index contributed by atoms with van der Waals surface area (Å²) in [6, 6.07) is 0.356. The Morgan fingerprint density at radius 1 is 1.50 bits per heavy atom. The third-order valence-electron chi connectivity index (χ3n) is 1.44. The van der Waals surface area contributed by atoms with Crippen molar-refractivity contribution in [3.05, 3.63) is 0 Å². The van der Waals surface area contributed by atoms with Gasteiger partial charge in [-0.15, -0.1) is 0 Å². The normalized spacial score (nSPS) is 26.0. The summed E-state index contributed by atoms with van der Waals surface area (Å²) in [6.45, 7) is 9.17. The lowest BCUT2D eigenvalue weighted by atomic mass is 9.97. The van der Waals surface area contributed by atoms with E-state index in [1.54, 1.807) is 0 Å². The van der Waals surface area contributed by atoms with E-state index in [1.165, 1.54) is 0 Å². The van der Waals surface area contributed by atoms with Crippen molar-refractivity contribution in [3.8, 4) is 0 Å². The van der Waals surface area contributed by atoms with Crippen molar-refractivity contribution < 1.29 is 4.74 Å². The molecule has 0 aliphatic carbocycles. The molecule has 58 valence electrons. The van der Waals surface area contributed by atoms with Crippen molar-refractivity contribution in [3.63, 3.8) is 0 Å². The van der Waals surface area contributed by atoms with Crippen LogP contribution in [0.25, 0.3) is 0 Å². The zero-order chi connectivity index (χ0) is 7.78. The van der Waals surface area contributed by atoms with Crippen molar-refractivity contribution in [1.82, 2.24) is 0 Å². The number of hydrogen-bond acceptors (Lipinski definition) is 2. The van der Waals surface area contributed by atoms with E-state index in [4.69, 9.17) is 4.74 Å². The third kappa shape index (κ3) is 1.49. The van der Waals surface area contributed by atoms with Gasteiger partial charge in [0.15, 0.2) is 5.90 Å². The van der Waals surface area contributed by atoms with Crippen LogP contribution in [0.15, 0.2) is 4.99 Å². The van der Waals surface area contributed by atoms with E-state index in [2.05, 4.69) is 32.7 Å². The van der Waals surface area contributed by atoms with Crippen molar-refractivity contribution in [2.75, 3.05) is 6.61 Å². The molecule has 0 saturated heterocycles. The molecule has 0 aromatic rings. The molecule has 1 rings (SSSR count). The molecule has 1 aliphatic rings. The van der Waals surface area contributed by atoms with Gasteiger partial charge in [0.05, 0.1) is 6.04 Å². The van der Waals surface area contributed by atoms with E-state index >= 15 is 0 Å². The molecule has 0 N–H and O–H groups in total. The van der Waals surface area contributed by atoms with Crippen LogP contribution in [-0.4, -0.2) is 18.5 Å². The van der Waals surface area contributed by atoms with Crippen LogP contribution < -0.4 is 0 Å². The number of nitrogens with zero attached hydrogens (tertiary/aromatic N) is 1. The molecule has 0 aromatic heterocycles. The fourth-order valence-corrected chi connectivity index (χ4v) is 0.884. The largest absolute Gasteiger partial charge is 0.478 e. The second kappa shape index (κ2) is 2.26. The summed E-state index contributed by atoms with van der Waals surface area (Å²) in [6.07, 6.45) is 0. The Balaban J connectivity index is 2.67. The maximum Gasteiger partial charge on any atom is 0.189 e. The highest BCUT2D eigenvalue weighted by atomic mass is 16.5. The van der Waals surface area contributed by atoms with Gasteiger partial charge >= 0.3 is 0 Å². The topological polar surface area (TPSA) is 21.6 Å². The minimum Gasteiger partial charge on any atom is -0.478 e. The molecule has 2 heteroatoms. The minimum absolute atomic E-state index is 0.0881.